The molecule has 1 aromatic heterocycles. The van der Waals surface area contributed by atoms with Crippen LogP contribution in [0.15, 0.2) is 42.6 Å². The van der Waals surface area contributed by atoms with Gasteiger partial charge in [-0.2, -0.15) is 0 Å². The van der Waals surface area contributed by atoms with Gasteiger partial charge in [-0.05, 0) is 43.2 Å². The van der Waals surface area contributed by atoms with Crippen LogP contribution >= 0.6 is 11.6 Å². The highest BCUT2D eigenvalue weighted by molar-refractivity contribution is 6.30. The Kier molecular flexibility index (Phi) is 6.39. The Balaban J connectivity index is 1.83. The Labute approximate surface area is 143 Å². The smallest absolute Gasteiger partial charge is 0.128 e. The van der Waals surface area contributed by atoms with Crippen molar-refractivity contribution in [3.05, 3.63) is 58.7 Å². The minimum Gasteiger partial charge on any atom is -0.387 e. The number of aliphatic hydroxyl groups is 1. The van der Waals surface area contributed by atoms with Gasteiger partial charge in [-0.1, -0.05) is 29.8 Å². The van der Waals surface area contributed by atoms with Gasteiger partial charge in [0.1, 0.15) is 5.82 Å². The number of aliphatic hydroxyl groups excluding tert-OH is 1. The average Bonchev–Trinajstić information content (AvgIpc) is 2.55. The zero-order chi connectivity index (χ0) is 16.8. The number of pyridine rings is 1. The van der Waals surface area contributed by atoms with E-state index in [2.05, 4.69) is 35.1 Å². The summed E-state index contributed by atoms with van der Waals surface area (Å²) in [5, 5.41) is 14.1. The zero-order valence-electron chi connectivity index (χ0n) is 13.8. The Morgan fingerprint density at radius 3 is 2.43 bits per heavy atom. The van der Waals surface area contributed by atoms with E-state index in [0.717, 1.165) is 16.9 Å². The fourth-order valence-electron chi connectivity index (χ4n) is 2.15. The molecular formula is C18H24ClN3O. The fourth-order valence-corrected chi connectivity index (χ4v) is 2.28. The first-order valence-electron chi connectivity index (χ1n) is 7.79. The van der Waals surface area contributed by atoms with Crippen LogP contribution in [0.5, 0.6) is 0 Å². The quantitative estimate of drug-likeness (QED) is 0.815. The number of nitrogens with one attached hydrogen (secondary N) is 1. The summed E-state index contributed by atoms with van der Waals surface area (Å²) >= 11 is 5.85. The third kappa shape index (κ3) is 5.20. The summed E-state index contributed by atoms with van der Waals surface area (Å²) in [7, 11) is 2.04. The first kappa shape index (κ1) is 17.7. The predicted octanol–water partition coefficient (Wildman–Crippen LogP) is 3.40. The summed E-state index contributed by atoms with van der Waals surface area (Å²) in [5.74, 6) is 0.963. The fraction of sp³-hybridized carbons (Fsp3) is 0.389. The summed E-state index contributed by atoms with van der Waals surface area (Å²) in [5.41, 5.74) is 1.95. The number of hydrogen-bond acceptors (Lipinski definition) is 4. The molecule has 4 nitrogen and oxygen atoms in total. The number of rotatable bonds is 7. The van der Waals surface area contributed by atoms with Crippen LogP contribution in [0.25, 0.3) is 0 Å². The van der Waals surface area contributed by atoms with Crippen molar-refractivity contribution >= 4 is 17.4 Å². The van der Waals surface area contributed by atoms with E-state index in [1.54, 1.807) is 12.1 Å². The molecule has 1 unspecified atom stereocenters. The molecule has 2 aromatic rings. The highest BCUT2D eigenvalue weighted by Gasteiger charge is 2.08. The second-order valence-corrected chi connectivity index (χ2v) is 6.36. The standard InChI is InChI=1S/C18H24ClN3O/c1-13(2)22(3)18-9-4-14(11-21-18)10-20-12-17(23)15-5-7-16(19)8-6-15/h4-9,11,13,17,20,23H,10,12H2,1-3H3. The van der Waals surface area contributed by atoms with Gasteiger partial charge < -0.3 is 15.3 Å². The monoisotopic (exact) mass is 333 g/mol. The van der Waals surface area contributed by atoms with Crippen LogP contribution in [-0.4, -0.2) is 29.7 Å². The zero-order valence-corrected chi connectivity index (χ0v) is 14.6. The molecule has 0 aliphatic heterocycles. The van der Waals surface area contributed by atoms with E-state index < -0.39 is 6.10 Å². The van der Waals surface area contributed by atoms with E-state index in [0.29, 0.717) is 24.2 Å². The van der Waals surface area contributed by atoms with Crippen LogP contribution in [0, 0.1) is 0 Å². The van der Waals surface area contributed by atoms with Crippen molar-refractivity contribution in [3.63, 3.8) is 0 Å². The Hall–Kier alpha value is -1.62. The number of nitrogens with zero attached hydrogens (tertiary/aromatic N) is 2. The minimum atomic E-state index is -0.549. The number of anilines is 1. The van der Waals surface area contributed by atoms with Crippen molar-refractivity contribution in [2.75, 3.05) is 18.5 Å². The molecule has 0 spiro atoms. The van der Waals surface area contributed by atoms with Crippen LogP contribution in [0.4, 0.5) is 5.82 Å². The van der Waals surface area contributed by atoms with Crippen molar-refractivity contribution in [1.29, 1.82) is 0 Å². The summed E-state index contributed by atoms with van der Waals surface area (Å²) in [6.45, 7) is 5.42. The summed E-state index contributed by atoms with van der Waals surface area (Å²) in [4.78, 5) is 6.60. The molecule has 0 fully saturated rings. The largest absolute Gasteiger partial charge is 0.387 e. The molecule has 0 saturated carbocycles. The summed E-state index contributed by atoms with van der Waals surface area (Å²) in [6, 6.07) is 11.7. The topological polar surface area (TPSA) is 48.4 Å². The van der Waals surface area contributed by atoms with Gasteiger partial charge in [0.2, 0.25) is 0 Å². The molecule has 5 heteroatoms. The molecule has 0 bridgehead atoms. The van der Waals surface area contributed by atoms with E-state index in [4.69, 9.17) is 11.6 Å². The van der Waals surface area contributed by atoms with Crippen LogP contribution in [0.2, 0.25) is 5.02 Å². The minimum absolute atomic E-state index is 0.418. The molecule has 1 atom stereocenters. The van der Waals surface area contributed by atoms with Crippen LogP contribution < -0.4 is 10.2 Å². The molecule has 23 heavy (non-hydrogen) atoms. The molecule has 1 heterocycles. The molecule has 0 amide bonds. The van der Waals surface area contributed by atoms with Crippen molar-refractivity contribution in [2.24, 2.45) is 0 Å². The van der Waals surface area contributed by atoms with Crippen molar-refractivity contribution in [2.45, 2.75) is 32.5 Å². The molecule has 0 radical (unpaired) electrons. The first-order valence-corrected chi connectivity index (χ1v) is 8.17. The number of benzene rings is 1. The molecular weight excluding hydrogens is 310 g/mol. The van der Waals surface area contributed by atoms with Gasteiger partial charge in [-0.15, -0.1) is 0 Å². The van der Waals surface area contributed by atoms with Crippen LogP contribution in [0.3, 0.4) is 0 Å². The third-order valence-electron chi connectivity index (χ3n) is 3.87. The van der Waals surface area contributed by atoms with Crippen molar-refractivity contribution in [3.8, 4) is 0 Å². The summed E-state index contributed by atoms with van der Waals surface area (Å²) in [6.07, 6.45) is 1.32. The molecule has 2 N–H and O–H groups in total. The van der Waals surface area contributed by atoms with Gasteiger partial charge in [0, 0.05) is 37.4 Å². The van der Waals surface area contributed by atoms with Gasteiger partial charge in [-0.3, -0.25) is 0 Å². The Morgan fingerprint density at radius 1 is 1.17 bits per heavy atom. The number of aromatic nitrogens is 1. The van der Waals surface area contributed by atoms with Crippen LogP contribution in [0.1, 0.15) is 31.1 Å². The maximum Gasteiger partial charge on any atom is 0.128 e. The SMILES string of the molecule is CC(C)N(C)c1ccc(CNCC(O)c2ccc(Cl)cc2)cn1. The van der Waals surface area contributed by atoms with Crippen LogP contribution in [-0.2, 0) is 6.54 Å². The lowest BCUT2D eigenvalue weighted by atomic mass is 10.1. The first-order chi connectivity index (χ1) is 11.0. The lowest BCUT2D eigenvalue weighted by Gasteiger charge is -2.22. The Morgan fingerprint density at radius 2 is 1.87 bits per heavy atom. The predicted molar refractivity (Wildman–Crippen MR) is 95.9 cm³/mol. The van der Waals surface area contributed by atoms with Gasteiger partial charge in [0.25, 0.3) is 0 Å². The van der Waals surface area contributed by atoms with Gasteiger partial charge >= 0.3 is 0 Å². The number of halogens is 1. The van der Waals surface area contributed by atoms with Crippen molar-refractivity contribution in [1.82, 2.24) is 10.3 Å². The highest BCUT2D eigenvalue weighted by atomic mass is 35.5. The van der Waals surface area contributed by atoms with E-state index in [9.17, 15) is 5.11 Å². The molecule has 1 aromatic carbocycles. The summed E-state index contributed by atoms with van der Waals surface area (Å²) < 4.78 is 0. The normalized spacial score (nSPS) is 12.4. The molecule has 0 aliphatic carbocycles. The maximum absolute atomic E-state index is 10.1. The van der Waals surface area contributed by atoms with Gasteiger partial charge in [0.15, 0.2) is 0 Å². The average molecular weight is 334 g/mol. The molecule has 0 saturated heterocycles. The van der Waals surface area contributed by atoms with E-state index >= 15 is 0 Å². The highest BCUT2D eigenvalue weighted by Crippen LogP contribution is 2.16. The molecule has 124 valence electrons. The molecule has 2 rings (SSSR count). The third-order valence-corrected chi connectivity index (χ3v) is 4.12. The van der Waals surface area contributed by atoms with Crippen molar-refractivity contribution < 1.29 is 5.11 Å². The Bertz CT molecular complexity index is 599. The van der Waals surface area contributed by atoms with E-state index in [-0.39, 0.29) is 0 Å². The lowest BCUT2D eigenvalue weighted by Crippen LogP contribution is -2.26. The second kappa shape index (κ2) is 8.29. The molecule has 0 aliphatic rings. The van der Waals surface area contributed by atoms with E-state index in [1.165, 1.54) is 0 Å². The second-order valence-electron chi connectivity index (χ2n) is 5.93. The maximum atomic E-state index is 10.1. The van der Waals surface area contributed by atoms with E-state index in [1.807, 2.05) is 31.4 Å². The van der Waals surface area contributed by atoms with Gasteiger partial charge in [-0.25, -0.2) is 4.98 Å². The number of hydrogen-bond donors (Lipinski definition) is 2. The van der Waals surface area contributed by atoms with Gasteiger partial charge in [0.05, 0.1) is 6.10 Å². The lowest BCUT2D eigenvalue weighted by molar-refractivity contribution is 0.174.